The van der Waals surface area contributed by atoms with Gasteiger partial charge in [-0.25, -0.2) is 0 Å². The van der Waals surface area contributed by atoms with Crippen molar-refractivity contribution in [3.05, 3.63) is 48.0 Å². The zero-order chi connectivity index (χ0) is 15.2. The summed E-state index contributed by atoms with van der Waals surface area (Å²) in [5, 5.41) is 5.56. The standard InChI is InChI=1S/C19H25NO/c1-4-7-14(2)12-19(21)20-15(3)17-11-10-16-8-5-6-9-18(16)13-17/h5-6,8-11,13-15H,4,7,12H2,1-3H3,(H,20,21). The van der Waals surface area contributed by atoms with Gasteiger partial charge in [0.2, 0.25) is 5.91 Å². The SMILES string of the molecule is CCCC(C)CC(=O)NC(C)c1ccc2ccccc2c1. The minimum Gasteiger partial charge on any atom is -0.350 e. The number of carbonyl (C=O) groups is 1. The Morgan fingerprint density at radius 2 is 1.81 bits per heavy atom. The molecule has 112 valence electrons. The van der Waals surface area contributed by atoms with Crippen molar-refractivity contribution in [2.45, 2.75) is 46.1 Å². The summed E-state index contributed by atoms with van der Waals surface area (Å²) in [7, 11) is 0. The smallest absolute Gasteiger partial charge is 0.220 e. The van der Waals surface area contributed by atoms with Crippen LogP contribution in [-0.2, 0) is 4.79 Å². The second kappa shape index (κ2) is 7.26. The minimum absolute atomic E-state index is 0.0518. The maximum atomic E-state index is 12.1. The maximum Gasteiger partial charge on any atom is 0.220 e. The third-order valence-electron chi connectivity index (χ3n) is 3.97. The van der Waals surface area contributed by atoms with E-state index in [4.69, 9.17) is 0 Å². The number of hydrogen-bond donors (Lipinski definition) is 1. The number of hydrogen-bond acceptors (Lipinski definition) is 1. The predicted molar refractivity (Wildman–Crippen MR) is 89.2 cm³/mol. The van der Waals surface area contributed by atoms with Crippen molar-refractivity contribution in [2.75, 3.05) is 0 Å². The molecule has 2 nitrogen and oxygen atoms in total. The van der Waals surface area contributed by atoms with Crippen LogP contribution in [0.15, 0.2) is 42.5 Å². The van der Waals surface area contributed by atoms with Gasteiger partial charge in [-0.3, -0.25) is 4.79 Å². The average Bonchev–Trinajstić information content (AvgIpc) is 2.46. The highest BCUT2D eigenvalue weighted by atomic mass is 16.1. The number of benzene rings is 2. The van der Waals surface area contributed by atoms with E-state index in [0.29, 0.717) is 12.3 Å². The van der Waals surface area contributed by atoms with Gasteiger partial charge in [0.25, 0.3) is 0 Å². The molecule has 0 aliphatic heterocycles. The van der Waals surface area contributed by atoms with E-state index in [1.165, 1.54) is 10.8 Å². The van der Waals surface area contributed by atoms with E-state index in [9.17, 15) is 4.79 Å². The van der Waals surface area contributed by atoms with Gasteiger partial charge < -0.3 is 5.32 Å². The molecule has 1 amide bonds. The average molecular weight is 283 g/mol. The van der Waals surface area contributed by atoms with Gasteiger partial charge in [-0.15, -0.1) is 0 Å². The van der Waals surface area contributed by atoms with Gasteiger partial charge in [-0.1, -0.05) is 63.1 Å². The largest absolute Gasteiger partial charge is 0.350 e. The van der Waals surface area contributed by atoms with Crippen molar-refractivity contribution < 1.29 is 4.79 Å². The molecule has 2 heteroatoms. The molecule has 0 saturated heterocycles. The van der Waals surface area contributed by atoms with Crippen LogP contribution in [0.25, 0.3) is 10.8 Å². The number of amides is 1. The second-order valence-electron chi connectivity index (χ2n) is 5.99. The Morgan fingerprint density at radius 1 is 1.10 bits per heavy atom. The molecular weight excluding hydrogens is 258 g/mol. The summed E-state index contributed by atoms with van der Waals surface area (Å²) in [6.07, 6.45) is 2.86. The Labute approximate surface area is 127 Å². The lowest BCUT2D eigenvalue weighted by Crippen LogP contribution is -2.27. The fraction of sp³-hybridized carbons (Fsp3) is 0.421. The highest BCUT2D eigenvalue weighted by Crippen LogP contribution is 2.20. The van der Waals surface area contributed by atoms with Gasteiger partial charge in [-0.05, 0) is 35.2 Å². The lowest BCUT2D eigenvalue weighted by molar-refractivity contribution is -0.122. The zero-order valence-corrected chi connectivity index (χ0v) is 13.2. The van der Waals surface area contributed by atoms with Crippen LogP contribution in [0.2, 0.25) is 0 Å². The molecule has 0 heterocycles. The van der Waals surface area contributed by atoms with Crippen LogP contribution < -0.4 is 5.32 Å². The molecule has 0 radical (unpaired) electrons. The van der Waals surface area contributed by atoms with Crippen molar-refractivity contribution in [1.82, 2.24) is 5.32 Å². The molecule has 0 aliphatic rings. The van der Waals surface area contributed by atoms with Crippen molar-refractivity contribution in [1.29, 1.82) is 0 Å². The number of rotatable bonds is 6. The van der Waals surface area contributed by atoms with Crippen LogP contribution in [0.5, 0.6) is 0 Å². The van der Waals surface area contributed by atoms with Gasteiger partial charge in [0.05, 0.1) is 6.04 Å². The van der Waals surface area contributed by atoms with Crippen LogP contribution in [0.1, 0.15) is 51.6 Å². The molecule has 2 atom stereocenters. The van der Waals surface area contributed by atoms with Gasteiger partial charge in [0, 0.05) is 6.42 Å². The van der Waals surface area contributed by atoms with Crippen LogP contribution in [-0.4, -0.2) is 5.91 Å². The van der Waals surface area contributed by atoms with Crippen molar-refractivity contribution >= 4 is 16.7 Å². The summed E-state index contributed by atoms with van der Waals surface area (Å²) in [6, 6.07) is 14.7. The normalized spacial score (nSPS) is 13.9. The second-order valence-corrected chi connectivity index (χ2v) is 5.99. The first-order chi connectivity index (χ1) is 10.1. The number of nitrogens with one attached hydrogen (secondary N) is 1. The van der Waals surface area contributed by atoms with Crippen LogP contribution in [0.3, 0.4) is 0 Å². The number of carbonyl (C=O) groups excluding carboxylic acids is 1. The molecule has 2 unspecified atom stereocenters. The van der Waals surface area contributed by atoms with E-state index in [1.807, 2.05) is 19.1 Å². The monoisotopic (exact) mass is 283 g/mol. The topological polar surface area (TPSA) is 29.1 Å². The van der Waals surface area contributed by atoms with E-state index in [2.05, 4.69) is 49.5 Å². The van der Waals surface area contributed by atoms with Gasteiger partial charge in [0.15, 0.2) is 0 Å². The van der Waals surface area contributed by atoms with Crippen LogP contribution in [0, 0.1) is 5.92 Å². The molecule has 2 aromatic rings. The summed E-state index contributed by atoms with van der Waals surface area (Å²) in [6.45, 7) is 6.35. The quantitative estimate of drug-likeness (QED) is 0.807. The van der Waals surface area contributed by atoms with E-state index < -0.39 is 0 Å². The Morgan fingerprint density at radius 3 is 2.52 bits per heavy atom. The summed E-state index contributed by atoms with van der Waals surface area (Å²) in [4.78, 5) is 12.1. The molecule has 0 spiro atoms. The minimum atomic E-state index is 0.0518. The van der Waals surface area contributed by atoms with E-state index >= 15 is 0 Å². The highest BCUT2D eigenvalue weighted by Gasteiger charge is 2.12. The van der Waals surface area contributed by atoms with Crippen molar-refractivity contribution in [2.24, 2.45) is 5.92 Å². The van der Waals surface area contributed by atoms with Gasteiger partial charge in [0.1, 0.15) is 0 Å². The lowest BCUT2D eigenvalue weighted by Gasteiger charge is -2.17. The maximum absolute atomic E-state index is 12.1. The van der Waals surface area contributed by atoms with Crippen molar-refractivity contribution in [3.63, 3.8) is 0 Å². The fourth-order valence-corrected chi connectivity index (χ4v) is 2.77. The van der Waals surface area contributed by atoms with Crippen LogP contribution >= 0.6 is 0 Å². The molecule has 0 aliphatic carbocycles. The summed E-state index contributed by atoms with van der Waals surface area (Å²) >= 11 is 0. The summed E-state index contributed by atoms with van der Waals surface area (Å²) < 4.78 is 0. The first kappa shape index (κ1) is 15.6. The Bertz CT molecular complexity index is 605. The third-order valence-corrected chi connectivity index (χ3v) is 3.97. The first-order valence-electron chi connectivity index (χ1n) is 7.88. The van der Waals surface area contributed by atoms with E-state index in [-0.39, 0.29) is 11.9 Å². The zero-order valence-electron chi connectivity index (χ0n) is 13.2. The first-order valence-corrected chi connectivity index (χ1v) is 7.88. The van der Waals surface area contributed by atoms with Crippen LogP contribution in [0.4, 0.5) is 0 Å². The fourth-order valence-electron chi connectivity index (χ4n) is 2.77. The molecule has 2 rings (SSSR count). The van der Waals surface area contributed by atoms with Gasteiger partial charge in [-0.2, -0.15) is 0 Å². The molecule has 2 aromatic carbocycles. The Balaban J connectivity index is 2.01. The lowest BCUT2D eigenvalue weighted by atomic mass is 10.0. The molecule has 1 N–H and O–H groups in total. The number of fused-ring (bicyclic) bond motifs is 1. The Kier molecular flexibility index (Phi) is 5.38. The molecule has 21 heavy (non-hydrogen) atoms. The molecule has 0 aromatic heterocycles. The molecule has 0 saturated carbocycles. The molecule has 0 bridgehead atoms. The molecule has 0 fully saturated rings. The highest BCUT2D eigenvalue weighted by molar-refractivity contribution is 5.83. The summed E-state index contributed by atoms with van der Waals surface area (Å²) in [5.74, 6) is 0.607. The Hall–Kier alpha value is -1.83. The van der Waals surface area contributed by atoms with E-state index in [0.717, 1.165) is 18.4 Å². The van der Waals surface area contributed by atoms with Gasteiger partial charge >= 0.3 is 0 Å². The third kappa shape index (κ3) is 4.32. The summed E-state index contributed by atoms with van der Waals surface area (Å²) in [5.41, 5.74) is 1.16. The van der Waals surface area contributed by atoms with Crippen molar-refractivity contribution in [3.8, 4) is 0 Å². The molecular formula is C19H25NO. The van der Waals surface area contributed by atoms with E-state index in [1.54, 1.807) is 0 Å². The predicted octanol–water partition coefficient (Wildman–Crippen LogP) is 4.84.